The van der Waals surface area contributed by atoms with E-state index in [9.17, 15) is 4.79 Å². The van der Waals surface area contributed by atoms with Crippen LogP contribution in [-0.4, -0.2) is 57.0 Å². The first-order valence-corrected chi connectivity index (χ1v) is 8.16. The van der Waals surface area contributed by atoms with Crippen molar-refractivity contribution in [2.45, 2.75) is 19.9 Å². The van der Waals surface area contributed by atoms with E-state index in [0.29, 0.717) is 24.8 Å². The van der Waals surface area contributed by atoms with Crippen LogP contribution in [0.2, 0.25) is 0 Å². The zero-order chi connectivity index (χ0) is 16.8. The SMILES string of the molecule is CCN(C[C@@H]1CCOC1)C(=O)NCc1ccc(-n2cncn2)nc1. The molecular formula is C16H22N6O2. The fraction of sp³-hybridized carbons (Fsp3) is 0.500. The normalized spacial score (nSPS) is 17.0. The van der Waals surface area contributed by atoms with Crippen LogP contribution in [0.4, 0.5) is 4.79 Å². The summed E-state index contributed by atoms with van der Waals surface area (Å²) in [6.45, 7) is 5.41. The lowest BCUT2D eigenvalue weighted by molar-refractivity contribution is 0.166. The highest BCUT2D eigenvalue weighted by molar-refractivity contribution is 5.74. The third kappa shape index (κ3) is 4.08. The molecule has 0 radical (unpaired) electrons. The number of nitrogens with one attached hydrogen (secondary N) is 1. The van der Waals surface area contributed by atoms with Gasteiger partial charge in [0.1, 0.15) is 12.7 Å². The number of hydrogen-bond donors (Lipinski definition) is 1. The van der Waals surface area contributed by atoms with Gasteiger partial charge in [-0.15, -0.1) is 0 Å². The van der Waals surface area contributed by atoms with Gasteiger partial charge in [-0.25, -0.2) is 19.4 Å². The van der Waals surface area contributed by atoms with E-state index in [2.05, 4.69) is 20.4 Å². The summed E-state index contributed by atoms with van der Waals surface area (Å²) in [6.07, 6.45) is 5.82. The van der Waals surface area contributed by atoms with Crippen LogP contribution in [0.1, 0.15) is 18.9 Å². The zero-order valence-corrected chi connectivity index (χ0v) is 13.8. The molecule has 2 aromatic rings. The van der Waals surface area contributed by atoms with Gasteiger partial charge >= 0.3 is 6.03 Å². The highest BCUT2D eigenvalue weighted by Crippen LogP contribution is 2.14. The molecule has 2 amide bonds. The lowest BCUT2D eigenvalue weighted by atomic mass is 10.1. The maximum absolute atomic E-state index is 12.3. The van der Waals surface area contributed by atoms with Gasteiger partial charge in [0, 0.05) is 38.4 Å². The van der Waals surface area contributed by atoms with E-state index in [-0.39, 0.29) is 6.03 Å². The number of nitrogens with zero attached hydrogens (tertiary/aromatic N) is 5. The van der Waals surface area contributed by atoms with Crippen LogP contribution in [0.5, 0.6) is 0 Å². The van der Waals surface area contributed by atoms with Crippen molar-refractivity contribution in [3.63, 3.8) is 0 Å². The van der Waals surface area contributed by atoms with Gasteiger partial charge in [0.2, 0.25) is 0 Å². The summed E-state index contributed by atoms with van der Waals surface area (Å²) in [5, 5.41) is 6.98. The van der Waals surface area contributed by atoms with Crippen molar-refractivity contribution in [3.05, 3.63) is 36.5 Å². The molecule has 1 aliphatic rings. The highest BCUT2D eigenvalue weighted by Gasteiger charge is 2.21. The van der Waals surface area contributed by atoms with E-state index in [1.54, 1.807) is 17.2 Å². The predicted molar refractivity (Wildman–Crippen MR) is 87.6 cm³/mol. The van der Waals surface area contributed by atoms with Crippen LogP contribution in [0.25, 0.3) is 5.82 Å². The summed E-state index contributed by atoms with van der Waals surface area (Å²) in [7, 11) is 0. The van der Waals surface area contributed by atoms with Gasteiger partial charge in [0.15, 0.2) is 5.82 Å². The summed E-state index contributed by atoms with van der Waals surface area (Å²) in [6, 6.07) is 3.72. The molecule has 0 aromatic carbocycles. The monoisotopic (exact) mass is 330 g/mol. The highest BCUT2D eigenvalue weighted by atomic mass is 16.5. The number of carbonyl (C=O) groups is 1. The topological polar surface area (TPSA) is 85.2 Å². The van der Waals surface area contributed by atoms with Crippen LogP contribution in [0, 0.1) is 5.92 Å². The minimum Gasteiger partial charge on any atom is -0.381 e. The Hall–Kier alpha value is -2.48. The van der Waals surface area contributed by atoms with E-state index in [1.807, 2.05) is 24.0 Å². The van der Waals surface area contributed by atoms with E-state index in [0.717, 1.165) is 31.7 Å². The third-order valence-electron chi connectivity index (χ3n) is 4.08. The van der Waals surface area contributed by atoms with Gasteiger partial charge in [-0.2, -0.15) is 5.10 Å². The smallest absolute Gasteiger partial charge is 0.317 e. The quantitative estimate of drug-likeness (QED) is 0.861. The zero-order valence-electron chi connectivity index (χ0n) is 13.8. The Labute approximate surface area is 140 Å². The van der Waals surface area contributed by atoms with Crippen molar-refractivity contribution >= 4 is 6.03 Å². The number of hydrogen-bond acceptors (Lipinski definition) is 5. The van der Waals surface area contributed by atoms with Crippen molar-refractivity contribution in [1.82, 2.24) is 30.0 Å². The number of aromatic nitrogens is 4. The van der Waals surface area contributed by atoms with Crippen LogP contribution >= 0.6 is 0 Å². The van der Waals surface area contributed by atoms with E-state index in [4.69, 9.17) is 4.74 Å². The Morgan fingerprint density at radius 1 is 1.50 bits per heavy atom. The molecule has 1 saturated heterocycles. The maximum Gasteiger partial charge on any atom is 0.317 e. The Morgan fingerprint density at radius 3 is 3.04 bits per heavy atom. The van der Waals surface area contributed by atoms with Gasteiger partial charge in [-0.3, -0.25) is 0 Å². The van der Waals surface area contributed by atoms with Gasteiger partial charge in [0.05, 0.1) is 6.61 Å². The van der Waals surface area contributed by atoms with Gasteiger partial charge in [0.25, 0.3) is 0 Å². The largest absolute Gasteiger partial charge is 0.381 e. The Morgan fingerprint density at radius 2 is 2.42 bits per heavy atom. The molecule has 1 atom stereocenters. The second-order valence-corrected chi connectivity index (χ2v) is 5.79. The Kier molecular flexibility index (Phi) is 5.37. The molecule has 1 N–H and O–H groups in total. The average molecular weight is 330 g/mol. The van der Waals surface area contributed by atoms with Gasteiger partial charge in [-0.05, 0) is 25.0 Å². The molecule has 1 fully saturated rings. The van der Waals surface area contributed by atoms with Crippen molar-refractivity contribution in [1.29, 1.82) is 0 Å². The first-order chi connectivity index (χ1) is 11.8. The van der Waals surface area contributed by atoms with Gasteiger partial charge in [-0.1, -0.05) is 6.07 Å². The fourth-order valence-electron chi connectivity index (χ4n) is 2.67. The minimum atomic E-state index is -0.0512. The van der Waals surface area contributed by atoms with E-state index < -0.39 is 0 Å². The molecule has 8 heteroatoms. The number of amides is 2. The van der Waals surface area contributed by atoms with Crippen LogP contribution in [0.3, 0.4) is 0 Å². The summed E-state index contributed by atoms with van der Waals surface area (Å²) < 4.78 is 6.96. The molecule has 0 spiro atoms. The van der Waals surface area contributed by atoms with Crippen LogP contribution < -0.4 is 5.32 Å². The first-order valence-electron chi connectivity index (χ1n) is 8.16. The number of rotatable bonds is 6. The molecule has 3 rings (SSSR count). The number of pyridine rings is 1. The average Bonchev–Trinajstić information content (AvgIpc) is 3.31. The predicted octanol–water partition coefficient (Wildman–Crippen LogP) is 1.23. The Bertz CT molecular complexity index is 637. The number of ether oxygens (including phenoxy) is 1. The van der Waals surface area contributed by atoms with Crippen LogP contribution in [-0.2, 0) is 11.3 Å². The molecular weight excluding hydrogens is 308 g/mol. The molecule has 0 saturated carbocycles. The van der Waals surface area contributed by atoms with Gasteiger partial charge < -0.3 is 15.0 Å². The minimum absolute atomic E-state index is 0.0512. The lowest BCUT2D eigenvalue weighted by Crippen LogP contribution is -2.42. The molecule has 0 bridgehead atoms. The molecule has 8 nitrogen and oxygen atoms in total. The van der Waals surface area contributed by atoms with Crippen molar-refractivity contribution in [2.24, 2.45) is 5.92 Å². The standard InChI is InChI=1S/C16H22N6O2/c1-2-21(9-14-5-6-24-10-14)16(23)19-8-13-3-4-15(18-7-13)22-12-17-11-20-22/h3-4,7,11-12,14H,2,5-6,8-10H2,1H3,(H,19,23)/t14-/m0/s1. The first kappa shape index (κ1) is 16.4. The number of urea groups is 1. The van der Waals surface area contributed by atoms with Crippen molar-refractivity contribution < 1.29 is 9.53 Å². The van der Waals surface area contributed by atoms with E-state index in [1.165, 1.54) is 6.33 Å². The molecule has 2 aromatic heterocycles. The molecule has 1 aliphatic heterocycles. The summed E-state index contributed by atoms with van der Waals surface area (Å²) in [5.41, 5.74) is 0.937. The molecule has 128 valence electrons. The molecule has 3 heterocycles. The van der Waals surface area contributed by atoms with Crippen LogP contribution in [0.15, 0.2) is 31.0 Å². The van der Waals surface area contributed by atoms with Crippen molar-refractivity contribution in [3.8, 4) is 5.82 Å². The fourth-order valence-corrected chi connectivity index (χ4v) is 2.67. The summed E-state index contributed by atoms with van der Waals surface area (Å²) in [5.74, 6) is 1.14. The Balaban J connectivity index is 1.51. The molecule has 0 aliphatic carbocycles. The van der Waals surface area contributed by atoms with Crippen molar-refractivity contribution in [2.75, 3.05) is 26.3 Å². The van der Waals surface area contributed by atoms with E-state index >= 15 is 0 Å². The number of carbonyl (C=O) groups excluding carboxylic acids is 1. The summed E-state index contributed by atoms with van der Waals surface area (Å²) in [4.78, 5) is 22.4. The second-order valence-electron chi connectivity index (χ2n) is 5.79. The third-order valence-corrected chi connectivity index (χ3v) is 4.08. The molecule has 0 unspecified atom stereocenters. The lowest BCUT2D eigenvalue weighted by Gasteiger charge is -2.24. The second kappa shape index (κ2) is 7.87. The molecule has 24 heavy (non-hydrogen) atoms. The summed E-state index contributed by atoms with van der Waals surface area (Å²) >= 11 is 0. The maximum atomic E-state index is 12.3.